The maximum absolute atomic E-state index is 6.42. The van der Waals surface area contributed by atoms with Crippen LogP contribution in [0.25, 0.3) is 0 Å². The van der Waals surface area contributed by atoms with Crippen LogP contribution < -0.4 is 5.32 Å². The first kappa shape index (κ1) is 18.5. The molecule has 1 N–H and O–H groups in total. The molecule has 0 saturated heterocycles. The molecule has 0 aliphatic heterocycles. The van der Waals surface area contributed by atoms with Gasteiger partial charge in [0.2, 0.25) is 0 Å². The predicted octanol–water partition coefficient (Wildman–Crippen LogP) is 3.50. The third-order valence-electron chi connectivity index (χ3n) is 4.37. The standard InChI is InChI=1S/C16H30ClN3O/c1-7-16(8-2,21-10-4)14(18-9-3)11-13-15(17)12(5)19-20(13)6/h14,18H,7-11H2,1-6H3. The molecule has 122 valence electrons. The number of nitrogens with one attached hydrogen (secondary N) is 1. The molecule has 4 nitrogen and oxygen atoms in total. The summed E-state index contributed by atoms with van der Waals surface area (Å²) in [6, 6.07) is 0.227. The van der Waals surface area contributed by atoms with Crippen LogP contribution in [0.4, 0.5) is 0 Å². The van der Waals surface area contributed by atoms with Crippen molar-refractivity contribution in [1.82, 2.24) is 15.1 Å². The minimum atomic E-state index is -0.160. The Balaban J connectivity index is 3.10. The van der Waals surface area contributed by atoms with Crippen molar-refractivity contribution in [2.75, 3.05) is 13.2 Å². The highest BCUT2D eigenvalue weighted by molar-refractivity contribution is 6.31. The number of likely N-dealkylation sites (N-methyl/N-ethyl adjacent to an activating group) is 1. The molecule has 1 unspecified atom stereocenters. The smallest absolute Gasteiger partial charge is 0.0847 e. The van der Waals surface area contributed by atoms with Gasteiger partial charge in [-0.15, -0.1) is 0 Å². The summed E-state index contributed by atoms with van der Waals surface area (Å²) in [7, 11) is 1.96. The SMILES string of the molecule is CCNC(Cc1c(Cl)c(C)nn1C)C(CC)(CC)OCC. The molecule has 0 spiro atoms. The maximum atomic E-state index is 6.42. The molecule has 1 rings (SSSR count). The van der Waals surface area contributed by atoms with Gasteiger partial charge in [0.25, 0.3) is 0 Å². The summed E-state index contributed by atoms with van der Waals surface area (Å²) < 4.78 is 8.06. The number of ether oxygens (including phenoxy) is 1. The zero-order chi connectivity index (χ0) is 16.0. The summed E-state index contributed by atoms with van der Waals surface area (Å²) >= 11 is 6.42. The Morgan fingerprint density at radius 2 is 1.90 bits per heavy atom. The van der Waals surface area contributed by atoms with Gasteiger partial charge in [-0.2, -0.15) is 5.10 Å². The summed E-state index contributed by atoms with van der Waals surface area (Å²) in [6.07, 6.45) is 2.78. The summed E-state index contributed by atoms with van der Waals surface area (Å²) in [5, 5.41) is 8.79. The number of aryl methyl sites for hydroxylation is 2. The molecule has 0 bridgehead atoms. The van der Waals surface area contributed by atoms with Crippen molar-refractivity contribution in [3.05, 3.63) is 16.4 Å². The molecule has 1 atom stereocenters. The minimum Gasteiger partial charge on any atom is -0.374 e. The molecule has 0 amide bonds. The zero-order valence-electron chi connectivity index (χ0n) is 14.3. The highest BCUT2D eigenvalue weighted by Crippen LogP contribution is 2.30. The number of hydrogen-bond donors (Lipinski definition) is 1. The predicted molar refractivity (Wildman–Crippen MR) is 89.1 cm³/mol. The third kappa shape index (κ3) is 3.99. The first-order chi connectivity index (χ1) is 9.95. The average molecular weight is 316 g/mol. The van der Waals surface area contributed by atoms with Crippen molar-refractivity contribution >= 4 is 11.6 Å². The fourth-order valence-corrected chi connectivity index (χ4v) is 3.36. The van der Waals surface area contributed by atoms with Gasteiger partial charge in [-0.25, -0.2) is 0 Å². The molecule has 1 heterocycles. The van der Waals surface area contributed by atoms with Gasteiger partial charge in [-0.3, -0.25) is 4.68 Å². The van der Waals surface area contributed by atoms with Crippen LogP contribution in [0.3, 0.4) is 0 Å². The van der Waals surface area contributed by atoms with E-state index in [0.717, 1.165) is 48.8 Å². The Hall–Kier alpha value is -0.580. The molecule has 0 radical (unpaired) electrons. The van der Waals surface area contributed by atoms with E-state index in [1.54, 1.807) is 0 Å². The summed E-state index contributed by atoms with van der Waals surface area (Å²) in [6.45, 7) is 12.2. The van der Waals surface area contributed by atoms with Crippen LogP contribution in [0.2, 0.25) is 5.02 Å². The van der Waals surface area contributed by atoms with Crippen molar-refractivity contribution in [2.45, 2.75) is 65.5 Å². The van der Waals surface area contributed by atoms with E-state index >= 15 is 0 Å². The van der Waals surface area contributed by atoms with E-state index in [0.29, 0.717) is 0 Å². The number of nitrogens with zero attached hydrogens (tertiary/aromatic N) is 2. The van der Waals surface area contributed by atoms with Gasteiger partial charge in [0.1, 0.15) is 0 Å². The summed E-state index contributed by atoms with van der Waals surface area (Å²) in [5.41, 5.74) is 1.80. The second kappa shape index (κ2) is 8.16. The Bertz CT molecular complexity index is 441. The van der Waals surface area contributed by atoms with E-state index in [1.807, 2.05) is 18.7 Å². The molecule has 0 aromatic carbocycles. The highest BCUT2D eigenvalue weighted by Gasteiger charge is 2.37. The molecule has 1 aromatic heterocycles. The van der Waals surface area contributed by atoms with Crippen molar-refractivity contribution < 1.29 is 4.74 Å². The minimum absolute atomic E-state index is 0.160. The summed E-state index contributed by atoms with van der Waals surface area (Å²) in [5.74, 6) is 0. The van der Waals surface area contributed by atoms with Crippen LogP contribution in [0.5, 0.6) is 0 Å². The molecular weight excluding hydrogens is 286 g/mol. The fourth-order valence-electron chi connectivity index (χ4n) is 3.12. The highest BCUT2D eigenvalue weighted by atomic mass is 35.5. The molecule has 5 heteroatoms. The van der Waals surface area contributed by atoms with E-state index < -0.39 is 0 Å². The lowest BCUT2D eigenvalue weighted by atomic mass is 9.85. The van der Waals surface area contributed by atoms with Gasteiger partial charge >= 0.3 is 0 Å². The first-order valence-corrected chi connectivity index (χ1v) is 8.38. The Kier molecular flexibility index (Phi) is 7.17. The van der Waals surface area contributed by atoms with Crippen molar-refractivity contribution in [2.24, 2.45) is 7.05 Å². The Morgan fingerprint density at radius 3 is 2.29 bits per heavy atom. The van der Waals surface area contributed by atoms with Crippen LogP contribution >= 0.6 is 11.6 Å². The topological polar surface area (TPSA) is 39.1 Å². The molecule has 0 saturated carbocycles. The lowest BCUT2D eigenvalue weighted by molar-refractivity contribution is -0.0718. The third-order valence-corrected chi connectivity index (χ3v) is 4.87. The molecule has 21 heavy (non-hydrogen) atoms. The number of hydrogen-bond acceptors (Lipinski definition) is 3. The number of halogens is 1. The molecular formula is C16H30ClN3O. The van der Waals surface area contributed by atoms with E-state index in [2.05, 4.69) is 38.1 Å². The van der Waals surface area contributed by atoms with Crippen LogP contribution in [-0.4, -0.2) is 34.6 Å². The quantitative estimate of drug-likeness (QED) is 0.758. The van der Waals surface area contributed by atoms with Gasteiger partial charge in [0, 0.05) is 26.1 Å². The molecule has 1 aromatic rings. The van der Waals surface area contributed by atoms with Crippen LogP contribution in [0.15, 0.2) is 0 Å². The second-order valence-corrected chi connectivity index (χ2v) is 5.87. The van der Waals surface area contributed by atoms with E-state index in [4.69, 9.17) is 16.3 Å². The van der Waals surface area contributed by atoms with Gasteiger partial charge in [-0.05, 0) is 33.2 Å². The van der Waals surface area contributed by atoms with Gasteiger partial charge in [0.05, 0.1) is 22.0 Å². The van der Waals surface area contributed by atoms with Crippen molar-refractivity contribution in [3.8, 4) is 0 Å². The Morgan fingerprint density at radius 1 is 1.29 bits per heavy atom. The fraction of sp³-hybridized carbons (Fsp3) is 0.812. The van der Waals surface area contributed by atoms with Gasteiger partial charge in [-0.1, -0.05) is 32.4 Å². The normalized spacial score (nSPS) is 13.7. The maximum Gasteiger partial charge on any atom is 0.0847 e. The van der Waals surface area contributed by atoms with E-state index in [9.17, 15) is 0 Å². The average Bonchev–Trinajstić information content (AvgIpc) is 2.71. The lowest BCUT2D eigenvalue weighted by Gasteiger charge is -2.40. The van der Waals surface area contributed by atoms with Gasteiger partial charge < -0.3 is 10.1 Å². The van der Waals surface area contributed by atoms with E-state index in [1.165, 1.54) is 0 Å². The van der Waals surface area contributed by atoms with Crippen molar-refractivity contribution in [3.63, 3.8) is 0 Å². The van der Waals surface area contributed by atoms with Crippen LogP contribution in [-0.2, 0) is 18.2 Å². The largest absolute Gasteiger partial charge is 0.374 e. The monoisotopic (exact) mass is 315 g/mol. The molecule has 0 aliphatic carbocycles. The van der Waals surface area contributed by atoms with Crippen LogP contribution in [0, 0.1) is 6.92 Å². The second-order valence-electron chi connectivity index (χ2n) is 5.49. The zero-order valence-corrected chi connectivity index (χ0v) is 15.0. The van der Waals surface area contributed by atoms with Gasteiger partial charge in [0.15, 0.2) is 0 Å². The summed E-state index contributed by atoms with van der Waals surface area (Å²) in [4.78, 5) is 0. The molecule has 0 aliphatic rings. The van der Waals surface area contributed by atoms with E-state index in [-0.39, 0.29) is 11.6 Å². The lowest BCUT2D eigenvalue weighted by Crippen LogP contribution is -2.53. The number of rotatable bonds is 9. The first-order valence-electron chi connectivity index (χ1n) is 8.00. The molecule has 0 fully saturated rings. The number of aromatic nitrogens is 2. The van der Waals surface area contributed by atoms with Crippen LogP contribution in [0.1, 0.15) is 51.9 Å². The van der Waals surface area contributed by atoms with Crippen molar-refractivity contribution in [1.29, 1.82) is 0 Å². The Labute approximate surface area is 134 Å².